The highest BCUT2D eigenvalue weighted by Crippen LogP contribution is 2.41. The number of nitrogens with zero attached hydrogens (tertiary/aromatic N) is 3. The normalized spacial score (nSPS) is 12.4. The molecular formula is C11H11N3O3S2. The van der Waals surface area contributed by atoms with Crippen LogP contribution in [0.2, 0.25) is 0 Å². The quantitative estimate of drug-likeness (QED) is 0.530. The Bertz CT molecular complexity index is 596. The molecule has 0 radical (unpaired) electrons. The Labute approximate surface area is 117 Å². The number of hydrogen-bond acceptors (Lipinski definition) is 7. The first-order valence-electron chi connectivity index (χ1n) is 5.40. The number of aliphatic hydroxyl groups excluding tert-OH is 1. The fourth-order valence-electron chi connectivity index (χ4n) is 1.31. The zero-order chi connectivity index (χ0) is 14.0. The molecule has 2 aromatic rings. The molecule has 1 N–H and O–H groups in total. The summed E-state index contributed by atoms with van der Waals surface area (Å²) in [4.78, 5) is 19.3. The number of hydrogen-bond donors (Lipinski definition) is 1. The van der Waals surface area contributed by atoms with Gasteiger partial charge in [-0.3, -0.25) is 10.1 Å². The van der Waals surface area contributed by atoms with Crippen molar-refractivity contribution in [1.82, 2.24) is 9.97 Å². The summed E-state index contributed by atoms with van der Waals surface area (Å²) in [7, 11) is 0. The number of aromatic nitrogens is 2. The lowest BCUT2D eigenvalue weighted by Crippen LogP contribution is -1.89. The van der Waals surface area contributed by atoms with E-state index in [2.05, 4.69) is 9.97 Å². The first kappa shape index (κ1) is 13.9. The van der Waals surface area contributed by atoms with Gasteiger partial charge in [0.25, 0.3) is 5.69 Å². The van der Waals surface area contributed by atoms with Gasteiger partial charge in [-0.1, -0.05) is 0 Å². The molecular weight excluding hydrogens is 286 g/mol. The zero-order valence-corrected chi connectivity index (χ0v) is 11.9. The molecule has 0 aliphatic carbocycles. The second-order valence-electron chi connectivity index (χ2n) is 3.90. The van der Waals surface area contributed by atoms with E-state index in [9.17, 15) is 15.2 Å². The van der Waals surface area contributed by atoms with Crippen molar-refractivity contribution in [2.45, 2.75) is 29.3 Å². The summed E-state index contributed by atoms with van der Waals surface area (Å²) in [5.41, 5.74) is 0.907. The maximum Gasteiger partial charge on any atom is 0.294 e. The van der Waals surface area contributed by atoms with Gasteiger partial charge in [0.1, 0.15) is 4.21 Å². The maximum atomic E-state index is 11.0. The lowest BCUT2D eigenvalue weighted by Gasteiger charge is -1.98. The summed E-state index contributed by atoms with van der Waals surface area (Å²) in [5.74, 6) is 0. The van der Waals surface area contributed by atoms with Gasteiger partial charge in [0.05, 0.1) is 11.0 Å². The number of nitro groups is 1. The predicted molar refractivity (Wildman–Crippen MR) is 72.5 cm³/mol. The molecule has 100 valence electrons. The Kier molecular flexibility index (Phi) is 4.13. The van der Waals surface area contributed by atoms with E-state index in [-0.39, 0.29) is 5.69 Å². The van der Waals surface area contributed by atoms with Crippen LogP contribution in [0.5, 0.6) is 0 Å². The summed E-state index contributed by atoms with van der Waals surface area (Å²) < 4.78 is 0.477. The highest BCUT2D eigenvalue weighted by molar-refractivity contribution is 8.01. The number of aliphatic hydroxyl groups is 1. The van der Waals surface area contributed by atoms with Gasteiger partial charge in [0, 0.05) is 23.3 Å². The molecule has 0 bridgehead atoms. The number of rotatable bonds is 4. The SMILES string of the molecule is Cc1cnc(Sc2sc([C@H](C)O)cc2[N+](=O)[O-])nc1. The molecule has 0 amide bonds. The average Bonchev–Trinajstić information content (AvgIpc) is 2.76. The van der Waals surface area contributed by atoms with Crippen molar-refractivity contribution in [2.75, 3.05) is 0 Å². The number of aryl methyl sites for hydroxylation is 1. The van der Waals surface area contributed by atoms with Gasteiger partial charge in [0.2, 0.25) is 0 Å². The molecule has 1 atom stereocenters. The van der Waals surface area contributed by atoms with Crippen LogP contribution in [0.4, 0.5) is 5.69 Å². The molecule has 0 saturated carbocycles. The summed E-state index contributed by atoms with van der Waals surface area (Å²) in [5, 5.41) is 20.9. The fraction of sp³-hybridized carbons (Fsp3) is 0.273. The van der Waals surface area contributed by atoms with E-state index < -0.39 is 11.0 Å². The van der Waals surface area contributed by atoms with Crippen LogP contribution in [0, 0.1) is 17.0 Å². The molecule has 8 heteroatoms. The van der Waals surface area contributed by atoms with Crippen molar-refractivity contribution in [3.63, 3.8) is 0 Å². The minimum Gasteiger partial charge on any atom is -0.388 e. The Morgan fingerprint density at radius 3 is 2.63 bits per heavy atom. The average molecular weight is 297 g/mol. The summed E-state index contributed by atoms with van der Waals surface area (Å²) in [6.45, 7) is 3.44. The largest absolute Gasteiger partial charge is 0.388 e. The molecule has 2 heterocycles. The van der Waals surface area contributed by atoms with Gasteiger partial charge in [-0.25, -0.2) is 9.97 Å². The Balaban J connectivity index is 2.33. The van der Waals surface area contributed by atoms with E-state index >= 15 is 0 Å². The lowest BCUT2D eigenvalue weighted by molar-refractivity contribution is -0.387. The summed E-state index contributed by atoms with van der Waals surface area (Å²) >= 11 is 2.32. The van der Waals surface area contributed by atoms with Crippen molar-refractivity contribution < 1.29 is 10.0 Å². The minimum absolute atomic E-state index is 0.0184. The second kappa shape index (κ2) is 5.64. The van der Waals surface area contributed by atoms with Crippen LogP contribution in [0.15, 0.2) is 27.8 Å². The molecule has 0 aliphatic heterocycles. The summed E-state index contributed by atoms with van der Waals surface area (Å²) in [6, 6.07) is 1.39. The molecule has 6 nitrogen and oxygen atoms in total. The van der Waals surface area contributed by atoms with E-state index in [1.54, 1.807) is 19.3 Å². The molecule has 2 rings (SSSR count). The predicted octanol–water partition coefficient (Wildman–Crippen LogP) is 2.96. The van der Waals surface area contributed by atoms with Crippen molar-refractivity contribution >= 4 is 28.8 Å². The molecule has 19 heavy (non-hydrogen) atoms. The van der Waals surface area contributed by atoms with E-state index in [0.717, 1.165) is 17.3 Å². The lowest BCUT2D eigenvalue weighted by atomic mass is 10.3. The van der Waals surface area contributed by atoms with Crippen molar-refractivity contribution in [1.29, 1.82) is 0 Å². The molecule has 2 aromatic heterocycles. The molecule has 0 aromatic carbocycles. The van der Waals surface area contributed by atoms with Crippen LogP contribution < -0.4 is 0 Å². The standard InChI is InChI=1S/C11H11N3O3S2/c1-6-4-12-11(13-5-6)19-10-8(14(16)17)3-9(18-10)7(2)15/h3-5,7,15H,1-2H3/t7-/m0/s1. The zero-order valence-electron chi connectivity index (χ0n) is 10.2. The first-order valence-corrected chi connectivity index (χ1v) is 7.03. The molecule has 0 unspecified atom stereocenters. The highest BCUT2D eigenvalue weighted by Gasteiger charge is 2.22. The van der Waals surface area contributed by atoms with Crippen LogP contribution in [-0.4, -0.2) is 20.0 Å². The Hall–Kier alpha value is -1.51. The molecule has 0 spiro atoms. The van der Waals surface area contributed by atoms with Crippen molar-refractivity contribution in [2.24, 2.45) is 0 Å². The van der Waals surface area contributed by atoms with Gasteiger partial charge in [-0.15, -0.1) is 11.3 Å². The van der Waals surface area contributed by atoms with E-state index in [4.69, 9.17) is 0 Å². The van der Waals surface area contributed by atoms with Gasteiger partial charge < -0.3 is 5.11 Å². The third-order valence-corrected chi connectivity index (χ3v) is 4.63. The first-order chi connectivity index (χ1) is 8.97. The monoisotopic (exact) mass is 297 g/mol. The molecule has 0 aliphatic rings. The van der Waals surface area contributed by atoms with Gasteiger partial charge >= 0.3 is 0 Å². The number of thiophene rings is 1. The fourth-order valence-corrected chi connectivity index (χ4v) is 3.39. The van der Waals surface area contributed by atoms with E-state index in [1.807, 2.05) is 6.92 Å². The third kappa shape index (κ3) is 3.28. The Morgan fingerprint density at radius 1 is 1.47 bits per heavy atom. The Morgan fingerprint density at radius 2 is 2.11 bits per heavy atom. The van der Waals surface area contributed by atoms with Crippen LogP contribution in [-0.2, 0) is 0 Å². The highest BCUT2D eigenvalue weighted by atomic mass is 32.2. The van der Waals surface area contributed by atoms with Crippen LogP contribution in [0.3, 0.4) is 0 Å². The van der Waals surface area contributed by atoms with Crippen molar-refractivity contribution in [3.8, 4) is 0 Å². The van der Waals surface area contributed by atoms with Crippen molar-refractivity contribution in [3.05, 3.63) is 39.0 Å². The smallest absolute Gasteiger partial charge is 0.294 e. The third-order valence-electron chi connectivity index (χ3n) is 2.25. The topological polar surface area (TPSA) is 89.2 Å². The van der Waals surface area contributed by atoms with Crippen LogP contribution >= 0.6 is 23.1 Å². The molecule has 0 saturated heterocycles. The van der Waals surface area contributed by atoms with Gasteiger partial charge in [0.15, 0.2) is 5.16 Å². The van der Waals surface area contributed by atoms with Gasteiger partial charge in [-0.05, 0) is 31.2 Å². The van der Waals surface area contributed by atoms with Crippen LogP contribution in [0.1, 0.15) is 23.5 Å². The second-order valence-corrected chi connectivity index (χ2v) is 6.22. The van der Waals surface area contributed by atoms with Gasteiger partial charge in [-0.2, -0.15) is 0 Å². The molecule has 0 fully saturated rings. The minimum atomic E-state index is -0.725. The van der Waals surface area contributed by atoms with Crippen LogP contribution in [0.25, 0.3) is 0 Å². The van der Waals surface area contributed by atoms with E-state index in [0.29, 0.717) is 14.2 Å². The summed E-state index contributed by atoms with van der Waals surface area (Å²) in [6.07, 6.45) is 2.59. The van der Waals surface area contributed by atoms with E-state index in [1.165, 1.54) is 17.4 Å². The maximum absolute atomic E-state index is 11.0.